The molecule has 214 valence electrons. The number of hydrogen-bond donors (Lipinski definition) is 1. The number of hydrogen-bond acceptors (Lipinski definition) is 6. The second-order valence-electron chi connectivity index (χ2n) is 10.8. The summed E-state index contributed by atoms with van der Waals surface area (Å²) >= 11 is 12.5. The molecular formula is C32H28Cl2N4O4. The van der Waals surface area contributed by atoms with E-state index in [-0.39, 0.29) is 11.7 Å². The number of benzene rings is 2. The number of carboxylic acid groups (broad SMARTS) is 1. The maximum atomic E-state index is 11.6. The molecule has 10 heteroatoms. The van der Waals surface area contributed by atoms with Gasteiger partial charge in [0.2, 0.25) is 0 Å². The van der Waals surface area contributed by atoms with Crippen molar-refractivity contribution in [2.24, 2.45) is 0 Å². The maximum absolute atomic E-state index is 11.6. The summed E-state index contributed by atoms with van der Waals surface area (Å²) in [5.41, 5.74) is 5.84. The van der Waals surface area contributed by atoms with Crippen LogP contribution in [-0.2, 0) is 17.8 Å². The van der Waals surface area contributed by atoms with Crippen molar-refractivity contribution in [1.82, 2.24) is 19.4 Å². The van der Waals surface area contributed by atoms with E-state index >= 15 is 0 Å². The largest absolute Gasteiger partial charge is 0.479 e. The van der Waals surface area contributed by atoms with Crippen LogP contribution in [0.3, 0.4) is 0 Å². The smallest absolute Gasteiger partial charge is 0.335 e. The highest BCUT2D eigenvalue weighted by Gasteiger charge is 2.26. The van der Waals surface area contributed by atoms with Crippen molar-refractivity contribution in [1.29, 1.82) is 0 Å². The Morgan fingerprint density at radius 1 is 1.17 bits per heavy atom. The minimum atomic E-state index is -0.943. The monoisotopic (exact) mass is 602 g/mol. The number of para-hydroxylation sites is 1. The van der Waals surface area contributed by atoms with E-state index in [4.69, 9.17) is 37.7 Å². The number of aromatic nitrogens is 3. The van der Waals surface area contributed by atoms with Crippen LogP contribution < -0.4 is 4.74 Å². The number of ether oxygens (including phenoxy) is 2. The minimum Gasteiger partial charge on any atom is -0.479 e. The molecule has 42 heavy (non-hydrogen) atoms. The zero-order valence-electron chi connectivity index (χ0n) is 22.7. The molecule has 0 unspecified atom stereocenters. The van der Waals surface area contributed by atoms with Gasteiger partial charge in [0.1, 0.15) is 17.3 Å². The molecule has 2 aromatic carbocycles. The van der Waals surface area contributed by atoms with E-state index in [0.717, 1.165) is 66.3 Å². The lowest BCUT2D eigenvalue weighted by atomic mass is 9.95. The van der Waals surface area contributed by atoms with Gasteiger partial charge >= 0.3 is 5.97 Å². The lowest BCUT2D eigenvalue weighted by Gasteiger charge is -2.30. The number of imidazole rings is 1. The average Bonchev–Trinajstić information content (AvgIpc) is 3.30. The lowest BCUT2D eigenvalue weighted by molar-refractivity contribution is -0.0591. The van der Waals surface area contributed by atoms with Crippen LogP contribution >= 0.6 is 23.2 Å². The Kier molecular flexibility index (Phi) is 7.23. The second kappa shape index (κ2) is 11.2. The topological polar surface area (TPSA) is 89.7 Å². The fourth-order valence-electron chi connectivity index (χ4n) is 5.77. The standard InChI is InChI=1S/C32H28Cl2N4O4/c33-22-15-25(34)30(35-16-22)28-7-5-20-2-1-3-24(31(20)42-28)19-8-11-37(12-9-19)18-29-36-26-6-4-21(32(39)40)14-27(26)38(29)17-23-10-13-41-23/h1-8,14-16,23,28H,9-13,17-18H2,(H,39,40)/t23-,28+/m0/s1. The number of nitrogens with zero attached hydrogens (tertiary/aromatic N) is 4. The summed E-state index contributed by atoms with van der Waals surface area (Å²) in [5.74, 6) is 0.802. The van der Waals surface area contributed by atoms with Gasteiger partial charge in [-0.05, 0) is 48.8 Å². The normalized spacial score (nSPS) is 20.1. The van der Waals surface area contributed by atoms with E-state index in [0.29, 0.717) is 28.8 Å². The highest BCUT2D eigenvalue weighted by molar-refractivity contribution is 6.34. The van der Waals surface area contributed by atoms with Crippen LogP contribution in [0.15, 0.2) is 60.8 Å². The van der Waals surface area contributed by atoms with E-state index in [9.17, 15) is 9.90 Å². The van der Waals surface area contributed by atoms with E-state index < -0.39 is 12.1 Å². The molecule has 0 saturated carbocycles. The Labute approximate surface area is 252 Å². The number of aromatic carboxylic acids is 1. The highest BCUT2D eigenvalue weighted by Crippen LogP contribution is 2.41. The molecule has 3 aliphatic heterocycles. The zero-order chi connectivity index (χ0) is 28.8. The third-order valence-electron chi connectivity index (χ3n) is 8.10. The van der Waals surface area contributed by atoms with Gasteiger partial charge in [-0.25, -0.2) is 9.78 Å². The summed E-state index contributed by atoms with van der Waals surface area (Å²) in [5, 5.41) is 10.5. The number of carboxylic acids is 1. The fourth-order valence-corrected chi connectivity index (χ4v) is 6.26. The van der Waals surface area contributed by atoms with Crippen LogP contribution in [0.4, 0.5) is 0 Å². The molecule has 4 aromatic rings. The predicted octanol–water partition coefficient (Wildman–Crippen LogP) is 6.66. The first-order chi connectivity index (χ1) is 20.4. The predicted molar refractivity (Wildman–Crippen MR) is 162 cm³/mol. The number of carbonyl (C=O) groups is 1. The van der Waals surface area contributed by atoms with Crippen molar-refractivity contribution < 1.29 is 19.4 Å². The van der Waals surface area contributed by atoms with Crippen LogP contribution in [0.5, 0.6) is 5.75 Å². The van der Waals surface area contributed by atoms with Crippen LogP contribution in [-0.4, -0.2) is 56.3 Å². The van der Waals surface area contributed by atoms with Crippen molar-refractivity contribution in [3.05, 3.63) is 99.1 Å². The van der Waals surface area contributed by atoms with Gasteiger partial charge in [0.05, 0.1) is 45.8 Å². The first kappa shape index (κ1) is 27.2. The molecule has 0 spiro atoms. The number of rotatable bonds is 7. The summed E-state index contributed by atoms with van der Waals surface area (Å²) in [6.45, 7) is 3.69. The fraction of sp³-hybridized carbons (Fsp3) is 0.281. The van der Waals surface area contributed by atoms with Gasteiger partial charge in [0.25, 0.3) is 0 Å². The van der Waals surface area contributed by atoms with Crippen LogP contribution in [0, 0.1) is 0 Å². The Morgan fingerprint density at radius 2 is 2.05 bits per heavy atom. The van der Waals surface area contributed by atoms with E-state index in [1.54, 1.807) is 30.5 Å². The SMILES string of the molecule is O=C(O)c1ccc2nc(CN3CC=C(c4cccc5c4O[C@@H](c4ncc(Cl)cc4Cl)C=C5)CC3)n(C[C@@H]3CCO3)c2c1. The van der Waals surface area contributed by atoms with Crippen LogP contribution in [0.1, 0.15) is 51.9 Å². The summed E-state index contributed by atoms with van der Waals surface area (Å²) in [6.07, 6.45) is 9.43. The van der Waals surface area contributed by atoms with Gasteiger partial charge < -0.3 is 19.1 Å². The van der Waals surface area contributed by atoms with Crippen LogP contribution in [0.2, 0.25) is 10.0 Å². The quantitative estimate of drug-likeness (QED) is 0.253. The van der Waals surface area contributed by atoms with Gasteiger partial charge in [0, 0.05) is 37.0 Å². The Balaban J connectivity index is 1.12. The number of fused-ring (bicyclic) bond motifs is 2. The Bertz CT molecular complexity index is 1760. The molecule has 0 aliphatic carbocycles. The van der Waals surface area contributed by atoms with Gasteiger partial charge in [0.15, 0.2) is 6.10 Å². The molecule has 1 N–H and O–H groups in total. The van der Waals surface area contributed by atoms with Crippen molar-refractivity contribution >= 4 is 51.9 Å². The van der Waals surface area contributed by atoms with Crippen molar-refractivity contribution in [2.75, 3.05) is 19.7 Å². The molecule has 2 aromatic heterocycles. The van der Waals surface area contributed by atoms with E-state index in [1.165, 1.54) is 5.57 Å². The highest BCUT2D eigenvalue weighted by atomic mass is 35.5. The molecule has 0 radical (unpaired) electrons. The molecule has 7 rings (SSSR count). The second-order valence-corrected chi connectivity index (χ2v) is 11.6. The third-order valence-corrected chi connectivity index (χ3v) is 8.61. The van der Waals surface area contributed by atoms with Gasteiger partial charge in [-0.15, -0.1) is 0 Å². The van der Waals surface area contributed by atoms with Gasteiger partial charge in [-0.3, -0.25) is 9.88 Å². The summed E-state index contributed by atoms with van der Waals surface area (Å²) < 4.78 is 14.3. The van der Waals surface area contributed by atoms with Crippen molar-refractivity contribution in [3.8, 4) is 5.75 Å². The molecule has 1 fully saturated rings. The molecule has 8 nitrogen and oxygen atoms in total. The van der Waals surface area contributed by atoms with Crippen LogP contribution in [0.25, 0.3) is 22.7 Å². The number of halogens is 2. The first-order valence-electron chi connectivity index (χ1n) is 14.0. The summed E-state index contributed by atoms with van der Waals surface area (Å²) in [6, 6.07) is 13.0. The molecule has 3 aliphatic rings. The van der Waals surface area contributed by atoms with E-state index in [2.05, 4.69) is 38.7 Å². The molecule has 1 saturated heterocycles. The molecule has 5 heterocycles. The minimum absolute atomic E-state index is 0.127. The molecular weight excluding hydrogens is 575 g/mol. The lowest BCUT2D eigenvalue weighted by Crippen LogP contribution is -2.33. The molecule has 0 amide bonds. The van der Waals surface area contributed by atoms with Crippen molar-refractivity contribution in [2.45, 2.75) is 38.1 Å². The Morgan fingerprint density at radius 3 is 2.79 bits per heavy atom. The third kappa shape index (κ3) is 5.20. The van der Waals surface area contributed by atoms with Gasteiger partial charge in [-0.2, -0.15) is 0 Å². The maximum Gasteiger partial charge on any atom is 0.335 e. The number of pyridine rings is 1. The first-order valence-corrected chi connectivity index (χ1v) is 14.7. The zero-order valence-corrected chi connectivity index (χ0v) is 24.2. The summed E-state index contributed by atoms with van der Waals surface area (Å²) in [4.78, 5) is 23.3. The molecule has 2 atom stereocenters. The molecule has 0 bridgehead atoms. The van der Waals surface area contributed by atoms with Crippen molar-refractivity contribution in [3.63, 3.8) is 0 Å². The van der Waals surface area contributed by atoms with Gasteiger partial charge in [-0.1, -0.05) is 53.6 Å². The van der Waals surface area contributed by atoms with E-state index in [1.807, 2.05) is 12.1 Å². The average molecular weight is 604 g/mol. The summed E-state index contributed by atoms with van der Waals surface area (Å²) in [7, 11) is 0. The Hall–Kier alpha value is -3.69.